The molecule has 2 nitrogen and oxygen atoms in total. The SMILES string of the molecule is CCc1cc(N)c(C)cc1CC(C)=O. The molecule has 0 atom stereocenters. The van der Waals surface area contributed by atoms with Crippen LogP contribution in [0.5, 0.6) is 0 Å². The van der Waals surface area contributed by atoms with Crippen LogP contribution in [0.15, 0.2) is 12.1 Å². The number of ketones is 1. The van der Waals surface area contributed by atoms with Crippen LogP contribution in [0, 0.1) is 6.92 Å². The van der Waals surface area contributed by atoms with Crippen molar-refractivity contribution in [2.45, 2.75) is 33.6 Å². The Morgan fingerprint density at radius 2 is 2.00 bits per heavy atom. The molecule has 0 saturated carbocycles. The van der Waals surface area contributed by atoms with E-state index in [1.165, 1.54) is 5.56 Å². The molecule has 0 aliphatic rings. The zero-order chi connectivity index (χ0) is 10.7. The van der Waals surface area contributed by atoms with E-state index in [4.69, 9.17) is 5.73 Å². The van der Waals surface area contributed by atoms with Gasteiger partial charge in [-0.2, -0.15) is 0 Å². The van der Waals surface area contributed by atoms with E-state index in [0.29, 0.717) is 6.42 Å². The fraction of sp³-hybridized carbons (Fsp3) is 0.417. The lowest BCUT2D eigenvalue weighted by atomic mass is 9.97. The third-order valence-electron chi connectivity index (χ3n) is 2.41. The topological polar surface area (TPSA) is 43.1 Å². The van der Waals surface area contributed by atoms with Crippen LogP contribution in [0.3, 0.4) is 0 Å². The smallest absolute Gasteiger partial charge is 0.134 e. The summed E-state index contributed by atoms with van der Waals surface area (Å²) in [5.41, 5.74) is 9.98. The number of hydrogen-bond acceptors (Lipinski definition) is 2. The van der Waals surface area contributed by atoms with Gasteiger partial charge in [0, 0.05) is 12.1 Å². The van der Waals surface area contributed by atoms with Gasteiger partial charge < -0.3 is 5.73 Å². The molecule has 0 bridgehead atoms. The lowest BCUT2D eigenvalue weighted by molar-refractivity contribution is -0.116. The first kappa shape index (κ1) is 10.8. The van der Waals surface area contributed by atoms with Gasteiger partial charge in [0.2, 0.25) is 0 Å². The summed E-state index contributed by atoms with van der Waals surface area (Å²) in [5.74, 6) is 0.198. The van der Waals surface area contributed by atoms with Gasteiger partial charge in [-0.05, 0) is 43.0 Å². The van der Waals surface area contributed by atoms with E-state index in [9.17, 15) is 4.79 Å². The van der Waals surface area contributed by atoms with Crippen molar-refractivity contribution < 1.29 is 4.79 Å². The largest absolute Gasteiger partial charge is 0.399 e. The van der Waals surface area contributed by atoms with Gasteiger partial charge in [0.1, 0.15) is 5.78 Å². The molecule has 0 unspecified atom stereocenters. The summed E-state index contributed by atoms with van der Waals surface area (Å²) in [5, 5.41) is 0. The summed E-state index contributed by atoms with van der Waals surface area (Å²) in [6.45, 7) is 5.66. The summed E-state index contributed by atoms with van der Waals surface area (Å²) < 4.78 is 0. The number of hydrogen-bond donors (Lipinski definition) is 1. The molecule has 0 aliphatic heterocycles. The van der Waals surface area contributed by atoms with Crippen molar-refractivity contribution in [2.75, 3.05) is 5.73 Å². The average Bonchev–Trinajstić information content (AvgIpc) is 2.10. The first-order valence-electron chi connectivity index (χ1n) is 4.92. The highest BCUT2D eigenvalue weighted by atomic mass is 16.1. The van der Waals surface area contributed by atoms with Crippen LogP contribution in [0.2, 0.25) is 0 Å². The molecule has 0 saturated heterocycles. The second-order valence-electron chi connectivity index (χ2n) is 3.71. The van der Waals surface area contributed by atoms with Gasteiger partial charge in [-0.3, -0.25) is 4.79 Å². The van der Waals surface area contributed by atoms with E-state index in [1.54, 1.807) is 6.92 Å². The third-order valence-corrected chi connectivity index (χ3v) is 2.41. The first-order valence-corrected chi connectivity index (χ1v) is 4.92. The van der Waals surface area contributed by atoms with Gasteiger partial charge in [-0.25, -0.2) is 0 Å². The van der Waals surface area contributed by atoms with E-state index in [1.807, 2.05) is 19.1 Å². The van der Waals surface area contributed by atoms with Crippen LogP contribution < -0.4 is 5.73 Å². The molecule has 0 spiro atoms. The zero-order valence-electron chi connectivity index (χ0n) is 9.05. The molecule has 76 valence electrons. The Hall–Kier alpha value is -1.31. The lowest BCUT2D eigenvalue weighted by Gasteiger charge is -2.09. The van der Waals surface area contributed by atoms with Gasteiger partial charge >= 0.3 is 0 Å². The van der Waals surface area contributed by atoms with E-state index >= 15 is 0 Å². The van der Waals surface area contributed by atoms with E-state index < -0.39 is 0 Å². The molecule has 0 amide bonds. The van der Waals surface area contributed by atoms with Crippen molar-refractivity contribution in [1.29, 1.82) is 0 Å². The molecule has 0 fully saturated rings. The normalized spacial score (nSPS) is 10.2. The Labute approximate surface area is 85.1 Å². The predicted molar refractivity (Wildman–Crippen MR) is 59.4 cm³/mol. The van der Waals surface area contributed by atoms with Crippen molar-refractivity contribution >= 4 is 11.5 Å². The van der Waals surface area contributed by atoms with Crippen molar-refractivity contribution in [3.8, 4) is 0 Å². The molecule has 2 N–H and O–H groups in total. The number of carbonyl (C=O) groups excluding carboxylic acids is 1. The Morgan fingerprint density at radius 1 is 1.36 bits per heavy atom. The molecule has 0 aromatic heterocycles. The minimum absolute atomic E-state index is 0.198. The first-order chi connectivity index (χ1) is 6.54. The van der Waals surface area contributed by atoms with Crippen molar-refractivity contribution in [1.82, 2.24) is 0 Å². The van der Waals surface area contributed by atoms with Crippen LogP contribution in [-0.4, -0.2) is 5.78 Å². The molecule has 1 aromatic rings. The van der Waals surface area contributed by atoms with Gasteiger partial charge in [-0.1, -0.05) is 13.0 Å². The quantitative estimate of drug-likeness (QED) is 0.745. The van der Waals surface area contributed by atoms with E-state index in [-0.39, 0.29) is 5.78 Å². The van der Waals surface area contributed by atoms with Crippen LogP contribution in [0.1, 0.15) is 30.5 Å². The van der Waals surface area contributed by atoms with Crippen molar-refractivity contribution in [3.63, 3.8) is 0 Å². The number of benzene rings is 1. The minimum atomic E-state index is 0.198. The Morgan fingerprint density at radius 3 is 2.50 bits per heavy atom. The van der Waals surface area contributed by atoms with E-state index in [2.05, 4.69) is 6.92 Å². The maximum Gasteiger partial charge on any atom is 0.134 e. The van der Waals surface area contributed by atoms with Gasteiger partial charge in [-0.15, -0.1) is 0 Å². The summed E-state index contributed by atoms with van der Waals surface area (Å²) in [6.07, 6.45) is 1.44. The van der Waals surface area contributed by atoms with Crippen molar-refractivity contribution in [3.05, 3.63) is 28.8 Å². The number of Topliss-reactive ketones (excluding diaryl/α,β-unsaturated/α-hetero) is 1. The molecular formula is C12H17NO. The van der Waals surface area contributed by atoms with Crippen LogP contribution >= 0.6 is 0 Å². The summed E-state index contributed by atoms with van der Waals surface area (Å²) in [4.78, 5) is 11.0. The summed E-state index contributed by atoms with van der Waals surface area (Å²) >= 11 is 0. The molecule has 0 aliphatic carbocycles. The number of rotatable bonds is 3. The van der Waals surface area contributed by atoms with Gasteiger partial charge in [0.05, 0.1) is 0 Å². The molecular weight excluding hydrogens is 174 g/mol. The Balaban J connectivity index is 3.13. The van der Waals surface area contributed by atoms with E-state index in [0.717, 1.165) is 23.2 Å². The zero-order valence-corrected chi connectivity index (χ0v) is 9.05. The van der Waals surface area contributed by atoms with Crippen LogP contribution in [0.4, 0.5) is 5.69 Å². The molecule has 14 heavy (non-hydrogen) atoms. The molecule has 2 heteroatoms. The van der Waals surface area contributed by atoms with Gasteiger partial charge in [0.25, 0.3) is 0 Å². The number of nitrogen functional groups attached to an aromatic ring is 1. The highest BCUT2D eigenvalue weighted by Crippen LogP contribution is 2.19. The second kappa shape index (κ2) is 4.27. The third kappa shape index (κ3) is 2.34. The maximum atomic E-state index is 11.0. The highest BCUT2D eigenvalue weighted by molar-refractivity contribution is 5.79. The Bertz CT molecular complexity index is 356. The number of anilines is 1. The molecule has 1 rings (SSSR count). The van der Waals surface area contributed by atoms with Crippen LogP contribution in [0.25, 0.3) is 0 Å². The monoisotopic (exact) mass is 191 g/mol. The predicted octanol–water partition coefficient (Wildman–Crippen LogP) is 2.27. The average molecular weight is 191 g/mol. The van der Waals surface area contributed by atoms with Crippen molar-refractivity contribution in [2.24, 2.45) is 0 Å². The fourth-order valence-corrected chi connectivity index (χ4v) is 1.59. The second-order valence-corrected chi connectivity index (χ2v) is 3.71. The number of aryl methyl sites for hydroxylation is 2. The summed E-state index contributed by atoms with van der Waals surface area (Å²) in [7, 11) is 0. The molecule has 1 aromatic carbocycles. The van der Waals surface area contributed by atoms with Gasteiger partial charge in [0.15, 0.2) is 0 Å². The highest BCUT2D eigenvalue weighted by Gasteiger charge is 2.06. The molecule has 0 heterocycles. The minimum Gasteiger partial charge on any atom is -0.399 e. The van der Waals surface area contributed by atoms with Crippen LogP contribution in [-0.2, 0) is 17.6 Å². The number of carbonyl (C=O) groups is 1. The standard InChI is InChI=1S/C12H17NO/c1-4-10-7-12(13)8(2)5-11(10)6-9(3)14/h5,7H,4,6,13H2,1-3H3. The summed E-state index contributed by atoms with van der Waals surface area (Å²) in [6, 6.07) is 4.00. The number of nitrogens with two attached hydrogens (primary N) is 1. The Kier molecular flexibility index (Phi) is 3.28. The molecule has 0 radical (unpaired) electrons. The maximum absolute atomic E-state index is 11.0. The fourth-order valence-electron chi connectivity index (χ4n) is 1.59. The lowest BCUT2D eigenvalue weighted by Crippen LogP contribution is -2.03.